The SMILES string of the molecule is Nc1ccc(-c2ccccc2)cc1NC(=O)c1ccc(N2CCCC3(CCN(C(=O)O)C3)C2)nc1. The fraction of sp³-hybridized carbons (Fsp3) is 0.296. The van der Waals surface area contributed by atoms with Gasteiger partial charge in [0.05, 0.1) is 16.9 Å². The van der Waals surface area contributed by atoms with Crippen LogP contribution in [-0.4, -0.2) is 53.2 Å². The predicted octanol–water partition coefficient (Wildman–Crippen LogP) is 4.55. The normalized spacial score (nSPS) is 19.7. The Morgan fingerprint density at radius 2 is 1.80 bits per heavy atom. The van der Waals surface area contributed by atoms with E-state index in [1.807, 2.05) is 48.5 Å². The van der Waals surface area contributed by atoms with Crippen molar-refractivity contribution in [3.63, 3.8) is 0 Å². The van der Waals surface area contributed by atoms with Gasteiger partial charge in [0.25, 0.3) is 5.91 Å². The molecule has 3 heterocycles. The van der Waals surface area contributed by atoms with Crippen LogP contribution in [0.15, 0.2) is 66.9 Å². The zero-order chi connectivity index (χ0) is 24.4. The van der Waals surface area contributed by atoms with Gasteiger partial charge in [0.1, 0.15) is 5.82 Å². The first-order chi connectivity index (χ1) is 16.9. The second-order valence-electron chi connectivity index (χ2n) is 9.51. The molecule has 2 aliphatic heterocycles. The average molecular weight is 472 g/mol. The van der Waals surface area contributed by atoms with Crippen LogP contribution in [0.2, 0.25) is 0 Å². The van der Waals surface area contributed by atoms with Crippen LogP contribution >= 0.6 is 0 Å². The number of carbonyl (C=O) groups is 2. The van der Waals surface area contributed by atoms with Gasteiger partial charge < -0.3 is 26.0 Å². The van der Waals surface area contributed by atoms with Gasteiger partial charge in [-0.25, -0.2) is 9.78 Å². The van der Waals surface area contributed by atoms with E-state index < -0.39 is 6.09 Å². The maximum atomic E-state index is 12.9. The van der Waals surface area contributed by atoms with E-state index in [1.165, 1.54) is 4.90 Å². The summed E-state index contributed by atoms with van der Waals surface area (Å²) in [7, 11) is 0. The number of nitrogens with zero attached hydrogens (tertiary/aromatic N) is 3. The minimum Gasteiger partial charge on any atom is -0.465 e. The number of benzene rings is 2. The van der Waals surface area contributed by atoms with Crippen molar-refractivity contribution >= 4 is 29.2 Å². The number of nitrogens with one attached hydrogen (secondary N) is 1. The number of hydrogen-bond donors (Lipinski definition) is 3. The Labute approximate surface area is 204 Å². The molecule has 8 nitrogen and oxygen atoms in total. The zero-order valence-electron chi connectivity index (χ0n) is 19.5. The van der Waals surface area contributed by atoms with Crippen LogP contribution in [0.1, 0.15) is 29.6 Å². The molecule has 5 rings (SSSR count). The van der Waals surface area contributed by atoms with E-state index in [1.54, 1.807) is 18.3 Å². The summed E-state index contributed by atoms with van der Waals surface area (Å²) in [6.07, 6.45) is 3.63. The third-order valence-electron chi connectivity index (χ3n) is 7.11. The van der Waals surface area contributed by atoms with E-state index in [2.05, 4.69) is 15.2 Å². The Balaban J connectivity index is 1.27. The number of likely N-dealkylation sites (tertiary alicyclic amines) is 1. The molecule has 180 valence electrons. The number of anilines is 3. The highest BCUT2D eigenvalue weighted by atomic mass is 16.4. The summed E-state index contributed by atoms with van der Waals surface area (Å²) >= 11 is 0. The molecule has 3 aromatic rings. The van der Waals surface area contributed by atoms with Gasteiger partial charge in [-0.3, -0.25) is 4.79 Å². The summed E-state index contributed by atoms with van der Waals surface area (Å²) in [6.45, 7) is 2.81. The van der Waals surface area contributed by atoms with E-state index >= 15 is 0 Å². The smallest absolute Gasteiger partial charge is 0.407 e. The summed E-state index contributed by atoms with van der Waals surface area (Å²) in [5, 5.41) is 12.3. The molecule has 2 fully saturated rings. The highest BCUT2D eigenvalue weighted by molar-refractivity contribution is 6.06. The molecular weight excluding hydrogens is 442 g/mol. The van der Waals surface area contributed by atoms with Gasteiger partial charge in [0.15, 0.2) is 0 Å². The maximum absolute atomic E-state index is 12.9. The van der Waals surface area contributed by atoms with Gasteiger partial charge in [0, 0.05) is 37.8 Å². The number of rotatable bonds is 4. The van der Waals surface area contributed by atoms with Gasteiger partial charge in [-0.1, -0.05) is 36.4 Å². The van der Waals surface area contributed by atoms with Gasteiger partial charge in [-0.05, 0) is 54.7 Å². The molecule has 0 saturated carbocycles. The van der Waals surface area contributed by atoms with Gasteiger partial charge in [0.2, 0.25) is 0 Å². The summed E-state index contributed by atoms with van der Waals surface area (Å²) in [6, 6.07) is 19.1. The lowest BCUT2D eigenvalue weighted by atomic mass is 9.79. The molecule has 1 aromatic heterocycles. The molecule has 2 amide bonds. The van der Waals surface area contributed by atoms with Crippen LogP contribution in [0.3, 0.4) is 0 Å². The highest BCUT2D eigenvalue weighted by Gasteiger charge is 2.43. The van der Waals surface area contributed by atoms with Crippen LogP contribution in [-0.2, 0) is 0 Å². The molecule has 2 saturated heterocycles. The monoisotopic (exact) mass is 471 g/mol. The second-order valence-corrected chi connectivity index (χ2v) is 9.51. The first-order valence-corrected chi connectivity index (χ1v) is 11.9. The van der Waals surface area contributed by atoms with Crippen molar-refractivity contribution < 1.29 is 14.7 Å². The number of nitrogens with two attached hydrogens (primary N) is 1. The molecule has 0 radical (unpaired) electrons. The van der Waals surface area contributed by atoms with Crippen LogP contribution < -0.4 is 16.0 Å². The Morgan fingerprint density at radius 3 is 2.51 bits per heavy atom. The Bertz CT molecular complexity index is 1230. The fourth-order valence-electron chi connectivity index (χ4n) is 5.21. The maximum Gasteiger partial charge on any atom is 0.407 e. The summed E-state index contributed by atoms with van der Waals surface area (Å²) in [5.41, 5.74) is 9.62. The lowest BCUT2D eigenvalue weighted by Crippen LogP contribution is -2.45. The van der Waals surface area contributed by atoms with Crippen LogP contribution in [0.5, 0.6) is 0 Å². The number of nitrogen functional groups attached to an aromatic ring is 1. The largest absolute Gasteiger partial charge is 0.465 e. The van der Waals surface area contributed by atoms with Gasteiger partial charge >= 0.3 is 6.09 Å². The zero-order valence-corrected chi connectivity index (χ0v) is 19.5. The van der Waals surface area contributed by atoms with Crippen LogP contribution in [0.4, 0.5) is 22.0 Å². The van der Waals surface area contributed by atoms with Crippen molar-refractivity contribution in [2.45, 2.75) is 19.3 Å². The Morgan fingerprint density at radius 1 is 0.971 bits per heavy atom. The standard InChI is InChI=1S/C27H29N5O3/c28-22-9-7-20(19-5-2-1-3-6-19)15-23(22)30-25(33)21-8-10-24(29-16-21)31-13-4-11-27(17-31)12-14-32(18-27)26(34)35/h1-3,5-10,15-16H,4,11-14,17-18,28H2,(H,30,33)(H,34,35). The minimum atomic E-state index is -0.845. The molecule has 0 bridgehead atoms. The van der Waals surface area contributed by atoms with Gasteiger partial charge in [-0.15, -0.1) is 0 Å². The molecular formula is C27H29N5O3. The summed E-state index contributed by atoms with van der Waals surface area (Å²) in [4.78, 5) is 32.6. The molecule has 0 aliphatic carbocycles. The van der Waals surface area contributed by atoms with E-state index in [9.17, 15) is 14.7 Å². The second kappa shape index (κ2) is 9.29. The fourth-order valence-corrected chi connectivity index (χ4v) is 5.21. The lowest BCUT2D eigenvalue weighted by Gasteiger charge is -2.40. The summed E-state index contributed by atoms with van der Waals surface area (Å²) < 4.78 is 0. The Kier molecular flexibility index (Phi) is 6.03. The van der Waals surface area contributed by atoms with E-state index in [0.717, 1.165) is 49.3 Å². The third kappa shape index (κ3) is 4.77. The molecule has 1 spiro atoms. The quantitative estimate of drug-likeness (QED) is 0.481. The number of pyridine rings is 1. The Hall–Kier alpha value is -4.07. The number of aromatic nitrogens is 1. The van der Waals surface area contributed by atoms with E-state index in [0.29, 0.717) is 30.0 Å². The van der Waals surface area contributed by atoms with Crippen LogP contribution in [0.25, 0.3) is 11.1 Å². The van der Waals surface area contributed by atoms with Crippen molar-refractivity contribution in [3.05, 3.63) is 72.4 Å². The summed E-state index contributed by atoms with van der Waals surface area (Å²) in [5.74, 6) is 0.531. The van der Waals surface area contributed by atoms with Gasteiger partial charge in [-0.2, -0.15) is 0 Å². The highest BCUT2D eigenvalue weighted by Crippen LogP contribution is 2.40. The molecule has 1 unspecified atom stereocenters. The number of carbonyl (C=O) groups excluding carboxylic acids is 1. The van der Waals surface area contributed by atoms with Crippen molar-refractivity contribution in [1.29, 1.82) is 0 Å². The molecule has 1 atom stereocenters. The topological polar surface area (TPSA) is 112 Å². The van der Waals surface area contributed by atoms with E-state index in [-0.39, 0.29) is 11.3 Å². The molecule has 8 heteroatoms. The number of piperidine rings is 1. The molecule has 2 aliphatic rings. The molecule has 4 N–H and O–H groups in total. The number of carboxylic acid groups (broad SMARTS) is 1. The number of amides is 2. The van der Waals surface area contributed by atoms with E-state index in [4.69, 9.17) is 5.73 Å². The minimum absolute atomic E-state index is 0.0182. The first kappa shape index (κ1) is 22.7. The number of hydrogen-bond acceptors (Lipinski definition) is 5. The predicted molar refractivity (Wildman–Crippen MR) is 137 cm³/mol. The van der Waals surface area contributed by atoms with Crippen molar-refractivity contribution in [3.8, 4) is 11.1 Å². The third-order valence-corrected chi connectivity index (χ3v) is 7.11. The molecule has 2 aromatic carbocycles. The lowest BCUT2D eigenvalue weighted by molar-refractivity contribution is 0.102. The van der Waals surface area contributed by atoms with Crippen LogP contribution in [0, 0.1) is 5.41 Å². The first-order valence-electron chi connectivity index (χ1n) is 11.9. The van der Waals surface area contributed by atoms with Crippen molar-refractivity contribution in [2.24, 2.45) is 5.41 Å². The van der Waals surface area contributed by atoms with Crippen molar-refractivity contribution in [2.75, 3.05) is 42.1 Å². The average Bonchev–Trinajstić information content (AvgIpc) is 3.29. The molecule has 35 heavy (non-hydrogen) atoms. The van der Waals surface area contributed by atoms with Crippen molar-refractivity contribution in [1.82, 2.24) is 9.88 Å².